The van der Waals surface area contributed by atoms with Crippen LogP contribution in [0, 0.1) is 6.92 Å². The number of halogens is 1. The van der Waals surface area contributed by atoms with E-state index in [9.17, 15) is 4.79 Å². The summed E-state index contributed by atoms with van der Waals surface area (Å²) in [5.41, 5.74) is 1.26. The molecule has 1 amide bonds. The number of rotatable bonds is 2. The van der Waals surface area contributed by atoms with Gasteiger partial charge in [-0.05, 0) is 37.9 Å². The van der Waals surface area contributed by atoms with Crippen LogP contribution in [0.4, 0.5) is 0 Å². The minimum Gasteiger partial charge on any atom is -0.337 e. The molecule has 2 rings (SSSR count). The number of nitrogens with one attached hydrogen (secondary N) is 1. The van der Waals surface area contributed by atoms with Gasteiger partial charge in [-0.3, -0.25) is 4.79 Å². The number of carbonyl (C=O) groups is 1. The molecule has 0 spiro atoms. The first-order valence-electron chi connectivity index (χ1n) is 6.31. The fraction of sp³-hybridized carbons (Fsp3) is 0.615. The Bertz CT molecular complexity index is 398. The Labute approximate surface area is 119 Å². The molecule has 0 unspecified atom stereocenters. The van der Waals surface area contributed by atoms with E-state index in [0.29, 0.717) is 0 Å². The highest BCUT2D eigenvalue weighted by molar-refractivity contribution is 7.14. The third-order valence-electron chi connectivity index (χ3n) is 3.18. The standard InChI is InChI=1S/C13H20N2OS.ClH/c1-3-11-10(2)9-12(17-11)13(16)15-7-4-5-14-6-8-15;/h9,14H,3-8H2,1-2H3;1H. The van der Waals surface area contributed by atoms with Crippen LogP contribution in [0.1, 0.15) is 33.5 Å². The normalized spacial score (nSPS) is 16.0. The molecule has 1 aromatic rings. The Balaban J connectivity index is 0.00000162. The molecule has 0 aliphatic carbocycles. The van der Waals surface area contributed by atoms with Crippen molar-refractivity contribution in [3.63, 3.8) is 0 Å². The van der Waals surface area contributed by atoms with Crippen molar-refractivity contribution in [1.82, 2.24) is 10.2 Å². The topological polar surface area (TPSA) is 32.3 Å². The molecular formula is C13H21ClN2OS. The summed E-state index contributed by atoms with van der Waals surface area (Å²) < 4.78 is 0. The zero-order valence-corrected chi connectivity index (χ0v) is 12.6. The monoisotopic (exact) mass is 288 g/mol. The first kappa shape index (κ1) is 15.5. The largest absolute Gasteiger partial charge is 0.337 e. The number of aryl methyl sites for hydroxylation is 2. The van der Waals surface area contributed by atoms with Gasteiger partial charge in [0.1, 0.15) is 0 Å². The van der Waals surface area contributed by atoms with E-state index in [-0.39, 0.29) is 18.3 Å². The highest BCUT2D eigenvalue weighted by Crippen LogP contribution is 2.23. The second-order valence-corrected chi connectivity index (χ2v) is 5.60. The van der Waals surface area contributed by atoms with Crippen LogP contribution in [0.2, 0.25) is 0 Å². The van der Waals surface area contributed by atoms with Gasteiger partial charge in [-0.2, -0.15) is 0 Å². The lowest BCUT2D eigenvalue weighted by Gasteiger charge is -2.18. The van der Waals surface area contributed by atoms with Gasteiger partial charge in [0.05, 0.1) is 4.88 Å². The molecule has 18 heavy (non-hydrogen) atoms. The molecule has 0 radical (unpaired) electrons. The second kappa shape index (κ2) is 7.12. The summed E-state index contributed by atoms with van der Waals surface area (Å²) in [5.74, 6) is 0.210. The number of amides is 1. The third-order valence-corrected chi connectivity index (χ3v) is 4.55. The van der Waals surface area contributed by atoms with Crippen LogP contribution in [-0.2, 0) is 6.42 Å². The van der Waals surface area contributed by atoms with E-state index in [0.717, 1.165) is 43.9 Å². The first-order valence-corrected chi connectivity index (χ1v) is 7.13. The van der Waals surface area contributed by atoms with Crippen molar-refractivity contribution in [1.29, 1.82) is 0 Å². The number of hydrogen-bond acceptors (Lipinski definition) is 3. The lowest BCUT2D eigenvalue weighted by Crippen LogP contribution is -2.33. The average Bonchev–Trinajstić information content (AvgIpc) is 2.56. The predicted molar refractivity (Wildman–Crippen MR) is 79.1 cm³/mol. The van der Waals surface area contributed by atoms with E-state index in [4.69, 9.17) is 0 Å². The quantitative estimate of drug-likeness (QED) is 0.907. The zero-order valence-electron chi connectivity index (χ0n) is 11.0. The molecule has 1 aromatic heterocycles. The summed E-state index contributed by atoms with van der Waals surface area (Å²) in [6.45, 7) is 7.88. The number of carbonyl (C=O) groups excluding carboxylic acids is 1. The molecule has 3 nitrogen and oxygen atoms in total. The molecule has 1 saturated heterocycles. The van der Waals surface area contributed by atoms with Gasteiger partial charge in [0.2, 0.25) is 0 Å². The minimum atomic E-state index is 0. The van der Waals surface area contributed by atoms with E-state index in [1.54, 1.807) is 11.3 Å². The van der Waals surface area contributed by atoms with E-state index < -0.39 is 0 Å². The van der Waals surface area contributed by atoms with Crippen molar-refractivity contribution in [2.24, 2.45) is 0 Å². The van der Waals surface area contributed by atoms with Crippen molar-refractivity contribution < 1.29 is 4.79 Å². The fourth-order valence-electron chi connectivity index (χ4n) is 2.18. The van der Waals surface area contributed by atoms with Gasteiger partial charge in [0, 0.05) is 24.5 Å². The summed E-state index contributed by atoms with van der Waals surface area (Å²) in [6.07, 6.45) is 2.07. The maximum Gasteiger partial charge on any atom is 0.263 e. The molecule has 0 aromatic carbocycles. The molecule has 5 heteroatoms. The second-order valence-electron chi connectivity index (χ2n) is 4.47. The van der Waals surface area contributed by atoms with Crippen molar-refractivity contribution in [2.45, 2.75) is 26.7 Å². The Hall–Kier alpha value is -0.580. The molecule has 0 saturated carbocycles. The summed E-state index contributed by atoms with van der Waals surface area (Å²) in [5, 5.41) is 3.32. The van der Waals surface area contributed by atoms with Gasteiger partial charge in [-0.15, -0.1) is 23.7 Å². The highest BCUT2D eigenvalue weighted by Gasteiger charge is 2.19. The maximum absolute atomic E-state index is 12.3. The summed E-state index contributed by atoms with van der Waals surface area (Å²) in [7, 11) is 0. The van der Waals surface area contributed by atoms with Crippen LogP contribution >= 0.6 is 23.7 Å². The third kappa shape index (κ3) is 3.46. The van der Waals surface area contributed by atoms with Gasteiger partial charge in [-0.1, -0.05) is 6.92 Å². The molecule has 2 heterocycles. The SMILES string of the molecule is CCc1sc(C(=O)N2CCCNCC2)cc1C.Cl. The molecule has 1 aliphatic rings. The van der Waals surface area contributed by atoms with E-state index in [1.807, 2.05) is 11.0 Å². The molecule has 1 N–H and O–H groups in total. The van der Waals surface area contributed by atoms with Crippen molar-refractivity contribution in [3.8, 4) is 0 Å². The molecule has 0 atom stereocenters. The molecule has 1 fully saturated rings. The first-order chi connectivity index (χ1) is 8.22. The Morgan fingerprint density at radius 2 is 2.22 bits per heavy atom. The van der Waals surface area contributed by atoms with Crippen LogP contribution in [0.15, 0.2) is 6.07 Å². The summed E-state index contributed by atoms with van der Waals surface area (Å²) >= 11 is 1.66. The number of nitrogens with zero attached hydrogens (tertiary/aromatic N) is 1. The molecule has 0 bridgehead atoms. The number of hydrogen-bond donors (Lipinski definition) is 1. The van der Waals surface area contributed by atoms with Crippen LogP contribution in [0.5, 0.6) is 0 Å². The van der Waals surface area contributed by atoms with Gasteiger partial charge in [-0.25, -0.2) is 0 Å². The van der Waals surface area contributed by atoms with Gasteiger partial charge in [0.15, 0.2) is 0 Å². The van der Waals surface area contributed by atoms with E-state index in [2.05, 4.69) is 19.2 Å². The molecular weight excluding hydrogens is 268 g/mol. The zero-order chi connectivity index (χ0) is 12.3. The summed E-state index contributed by atoms with van der Waals surface area (Å²) in [6, 6.07) is 2.05. The van der Waals surface area contributed by atoms with Gasteiger partial charge in [0.25, 0.3) is 5.91 Å². The minimum absolute atomic E-state index is 0. The van der Waals surface area contributed by atoms with Crippen molar-refractivity contribution >= 4 is 29.7 Å². The Kier molecular flexibility index (Phi) is 6.12. The number of thiophene rings is 1. The van der Waals surface area contributed by atoms with E-state index >= 15 is 0 Å². The smallest absolute Gasteiger partial charge is 0.263 e. The lowest BCUT2D eigenvalue weighted by molar-refractivity contribution is 0.0771. The molecule has 102 valence electrons. The van der Waals surface area contributed by atoms with E-state index in [1.165, 1.54) is 10.4 Å². The van der Waals surface area contributed by atoms with Crippen LogP contribution in [0.25, 0.3) is 0 Å². The fourth-order valence-corrected chi connectivity index (χ4v) is 3.26. The van der Waals surface area contributed by atoms with Crippen LogP contribution in [-0.4, -0.2) is 37.0 Å². The van der Waals surface area contributed by atoms with Crippen LogP contribution in [0.3, 0.4) is 0 Å². The van der Waals surface area contributed by atoms with Crippen molar-refractivity contribution in [2.75, 3.05) is 26.2 Å². The summed E-state index contributed by atoms with van der Waals surface area (Å²) in [4.78, 5) is 16.6. The maximum atomic E-state index is 12.3. The average molecular weight is 289 g/mol. The van der Waals surface area contributed by atoms with Gasteiger partial charge < -0.3 is 10.2 Å². The molecule has 1 aliphatic heterocycles. The Morgan fingerprint density at radius 3 is 2.89 bits per heavy atom. The lowest BCUT2D eigenvalue weighted by atomic mass is 10.2. The van der Waals surface area contributed by atoms with Crippen LogP contribution < -0.4 is 5.32 Å². The predicted octanol–water partition coefficient (Wildman–Crippen LogP) is 2.48. The highest BCUT2D eigenvalue weighted by atomic mass is 35.5. The van der Waals surface area contributed by atoms with Crippen molar-refractivity contribution in [3.05, 3.63) is 21.4 Å². The van der Waals surface area contributed by atoms with Gasteiger partial charge >= 0.3 is 0 Å². The Morgan fingerprint density at radius 1 is 1.44 bits per heavy atom.